The lowest BCUT2D eigenvalue weighted by Crippen LogP contribution is -2.39. The summed E-state index contributed by atoms with van der Waals surface area (Å²) in [7, 11) is 0.424. The van der Waals surface area contributed by atoms with Crippen LogP contribution in [0.4, 0.5) is 5.13 Å². The van der Waals surface area contributed by atoms with Crippen molar-refractivity contribution in [2.75, 3.05) is 51.8 Å². The highest BCUT2D eigenvalue weighted by molar-refractivity contribution is 7.89. The van der Waals surface area contributed by atoms with Crippen LogP contribution in [0, 0.1) is 5.92 Å². The molecule has 0 saturated carbocycles. The predicted molar refractivity (Wildman–Crippen MR) is 156 cm³/mol. The first-order chi connectivity index (χ1) is 17.7. The van der Waals surface area contributed by atoms with Gasteiger partial charge in [0.15, 0.2) is 5.13 Å². The largest absolute Gasteiger partial charge is 0.494 e. The minimum atomic E-state index is -3.58. The first-order valence-electron chi connectivity index (χ1n) is 12.8. The Morgan fingerprint density at radius 2 is 1.89 bits per heavy atom. The molecule has 0 N–H and O–H groups in total. The van der Waals surface area contributed by atoms with Crippen LogP contribution in [0.1, 0.15) is 43.5 Å². The second kappa shape index (κ2) is 13.2. The van der Waals surface area contributed by atoms with Crippen LogP contribution < -0.4 is 9.64 Å². The molecule has 8 nitrogen and oxygen atoms in total. The Morgan fingerprint density at radius 1 is 1.16 bits per heavy atom. The van der Waals surface area contributed by atoms with Crippen LogP contribution in [0.5, 0.6) is 5.75 Å². The average molecular weight is 581 g/mol. The summed E-state index contributed by atoms with van der Waals surface area (Å²) < 4.78 is 34.4. The van der Waals surface area contributed by atoms with Gasteiger partial charge >= 0.3 is 0 Å². The van der Waals surface area contributed by atoms with Gasteiger partial charge in [0.2, 0.25) is 10.0 Å². The molecule has 1 fully saturated rings. The Hall–Kier alpha value is -2.24. The van der Waals surface area contributed by atoms with Gasteiger partial charge in [0.1, 0.15) is 5.75 Å². The minimum Gasteiger partial charge on any atom is -0.494 e. The smallest absolute Gasteiger partial charge is 0.260 e. The average Bonchev–Trinajstić information content (AvgIpc) is 3.29. The first kappa shape index (κ1) is 30.3. The maximum atomic E-state index is 13.7. The van der Waals surface area contributed by atoms with Crippen LogP contribution in [0.15, 0.2) is 47.4 Å². The van der Waals surface area contributed by atoms with E-state index in [9.17, 15) is 13.2 Å². The lowest BCUT2D eigenvalue weighted by molar-refractivity contribution is 0.0986. The zero-order valence-corrected chi connectivity index (χ0v) is 24.9. The summed E-state index contributed by atoms with van der Waals surface area (Å²) in [6, 6.07) is 12.1. The van der Waals surface area contributed by atoms with E-state index >= 15 is 0 Å². The number of piperidine rings is 1. The van der Waals surface area contributed by atoms with Crippen LogP contribution >= 0.6 is 23.7 Å². The molecule has 2 aromatic carbocycles. The fraction of sp³-hybridized carbons (Fsp3) is 0.481. The van der Waals surface area contributed by atoms with E-state index < -0.39 is 10.0 Å². The summed E-state index contributed by atoms with van der Waals surface area (Å²) in [5, 5.41) is 0.617. The van der Waals surface area contributed by atoms with Gasteiger partial charge in [-0.25, -0.2) is 13.4 Å². The molecule has 4 rings (SSSR count). The van der Waals surface area contributed by atoms with E-state index in [1.165, 1.54) is 11.3 Å². The monoisotopic (exact) mass is 580 g/mol. The fourth-order valence-corrected chi connectivity index (χ4v) is 7.15. The Labute approximate surface area is 236 Å². The van der Waals surface area contributed by atoms with E-state index in [4.69, 9.17) is 9.72 Å². The molecule has 2 heterocycles. The summed E-state index contributed by atoms with van der Waals surface area (Å²) in [6.07, 6.45) is 2.69. The standard InChI is InChI=1S/C27H36N4O4S2.ClH/c1-5-35-22-11-14-24-25(18-22)36-27(28-24)31(17-7-15-29(3)4)26(32)21-9-12-23(13-10-21)37(33,34)30-16-6-8-20(2)19-30;/h9-14,18,20H,5-8,15-17,19H2,1-4H3;1H. The van der Waals surface area contributed by atoms with Gasteiger partial charge in [-0.1, -0.05) is 18.3 Å². The number of thiazole rings is 1. The molecule has 1 amide bonds. The first-order valence-corrected chi connectivity index (χ1v) is 15.0. The van der Waals surface area contributed by atoms with Crippen LogP contribution in [0.25, 0.3) is 10.2 Å². The third kappa shape index (κ3) is 7.04. The molecule has 208 valence electrons. The molecule has 0 spiro atoms. The van der Waals surface area contributed by atoms with E-state index in [-0.39, 0.29) is 23.2 Å². The number of rotatable bonds is 10. The van der Waals surface area contributed by atoms with Crippen molar-refractivity contribution in [3.8, 4) is 5.75 Å². The predicted octanol–water partition coefficient (Wildman–Crippen LogP) is 5.14. The van der Waals surface area contributed by atoms with Crippen molar-refractivity contribution in [1.29, 1.82) is 0 Å². The van der Waals surface area contributed by atoms with Crippen molar-refractivity contribution in [3.05, 3.63) is 48.0 Å². The maximum absolute atomic E-state index is 13.7. The van der Waals surface area contributed by atoms with E-state index in [0.29, 0.717) is 42.9 Å². The van der Waals surface area contributed by atoms with Gasteiger partial charge in [-0.05, 0) is 95.2 Å². The van der Waals surface area contributed by atoms with Gasteiger partial charge in [0, 0.05) is 25.2 Å². The number of halogens is 1. The van der Waals surface area contributed by atoms with Crippen LogP contribution in [-0.2, 0) is 10.0 Å². The Bertz CT molecular complexity index is 1330. The normalized spacial score (nSPS) is 16.4. The number of nitrogens with zero attached hydrogens (tertiary/aromatic N) is 4. The highest BCUT2D eigenvalue weighted by Gasteiger charge is 2.29. The molecule has 0 bridgehead atoms. The van der Waals surface area contributed by atoms with Gasteiger partial charge in [-0.2, -0.15) is 4.31 Å². The molecule has 1 aliphatic heterocycles. The van der Waals surface area contributed by atoms with Crippen LogP contribution in [-0.4, -0.2) is 75.4 Å². The number of anilines is 1. The number of carbonyl (C=O) groups is 1. The van der Waals surface area contributed by atoms with Crippen molar-refractivity contribution >= 4 is 55.0 Å². The lowest BCUT2D eigenvalue weighted by Gasteiger charge is -2.30. The molecular formula is C27H37ClN4O4S2. The van der Waals surface area contributed by atoms with Crippen molar-refractivity contribution in [1.82, 2.24) is 14.2 Å². The van der Waals surface area contributed by atoms with E-state index in [0.717, 1.165) is 41.8 Å². The lowest BCUT2D eigenvalue weighted by atomic mass is 10.0. The van der Waals surface area contributed by atoms with Gasteiger partial charge < -0.3 is 9.64 Å². The number of amides is 1. The second-order valence-corrected chi connectivity index (χ2v) is 12.8. The summed E-state index contributed by atoms with van der Waals surface area (Å²) in [5.41, 5.74) is 1.25. The second-order valence-electron chi connectivity index (χ2n) is 9.81. The third-order valence-electron chi connectivity index (χ3n) is 6.48. The number of benzene rings is 2. The summed E-state index contributed by atoms with van der Waals surface area (Å²) >= 11 is 1.45. The van der Waals surface area contributed by atoms with E-state index in [2.05, 4.69) is 11.8 Å². The molecular weight excluding hydrogens is 544 g/mol. The Kier molecular flexibility index (Phi) is 10.5. The Balaban J connectivity index is 0.00000400. The number of hydrogen-bond acceptors (Lipinski definition) is 7. The fourth-order valence-electron chi connectivity index (χ4n) is 4.53. The molecule has 1 aliphatic rings. The summed E-state index contributed by atoms with van der Waals surface area (Å²) in [5.74, 6) is 0.924. The quantitative estimate of drug-likeness (QED) is 0.330. The highest BCUT2D eigenvalue weighted by Crippen LogP contribution is 2.33. The number of ether oxygens (including phenoxy) is 1. The molecule has 0 aliphatic carbocycles. The SMILES string of the molecule is CCOc1ccc2nc(N(CCCN(C)C)C(=O)c3ccc(S(=O)(=O)N4CCCC(C)C4)cc3)sc2c1.Cl. The van der Waals surface area contributed by atoms with E-state index in [1.54, 1.807) is 33.5 Å². The number of fused-ring (bicyclic) bond motifs is 1. The zero-order valence-electron chi connectivity index (χ0n) is 22.4. The molecule has 11 heteroatoms. The minimum absolute atomic E-state index is 0. The summed E-state index contributed by atoms with van der Waals surface area (Å²) in [4.78, 5) is 22.4. The molecule has 0 radical (unpaired) electrons. The number of sulfonamides is 1. The van der Waals surface area contributed by atoms with Crippen molar-refractivity contribution < 1.29 is 17.9 Å². The van der Waals surface area contributed by atoms with Gasteiger partial charge in [-0.3, -0.25) is 9.69 Å². The van der Waals surface area contributed by atoms with Crippen LogP contribution in [0.3, 0.4) is 0 Å². The molecule has 3 aromatic rings. The maximum Gasteiger partial charge on any atom is 0.260 e. The molecule has 1 saturated heterocycles. The van der Waals surface area contributed by atoms with Gasteiger partial charge in [0.05, 0.1) is 21.7 Å². The summed E-state index contributed by atoms with van der Waals surface area (Å²) in [6.45, 7) is 7.00. The Morgan fingerprint density at radius 3 is 2.55 bits per heavy atom. The number of carbonyl (C=O) groups excluding carboxylic acids is 1. The van der Waals surface area contributed by atoms with E-state index in [1.807, 2.05) is 39.2 Å². The molecule has 1 atom stereocenters. The molecule has 1 aromatic heterocycles. The topological polar surface area (TPSA) is 83.0 Å². The number of hydrogen-bond donors (Lipinski definition) is 0. The van der Waals surface area contributed by atoms with Crippen molar-refractivity contribution in [3.63, 3.8) is 0 Å². The molecule has 1 unspecified atom stereocenters. The molecule has 38 heavy (non-hydrogen) atoms. The van der Waals surface area contributed by atoms with Crippen molar-refractivity contribution in [2.45, 2.75) is 38.0 Å². The van der Waals surface area contributed by atoms with Gasteiger partial charge in [0.25, 0.3) is 5.91 Å². The third-order valence-corrected chi connectivity index (χ3v) is 9.40. The highest BCUT2D eigenvalue weighted by atomic mass is 35.5. The zero-order chi connectivity index (χ0) is 26.6. The van der Waals surface area contributed by atoms with Gasteiger partial charge in [-0.15, -0.1) is 12.4 Å². The van der Waals surface area contributed by atoms with Crippen LogP contribution in [0.2, 0.25) is 0 Å². The van der Waals surface area contributed by atoms with Crippen molar-refractivity contribution in [2.24, 2.45) is 5.92 Å². The number of aromatic nitrogens is 1.